The Hall–Kier alpha value is -3.15. The van der Waals surface area contributed by atoms with Gasteiger partial charge >= 0.3 is 11.9 Å². The van der Waals surface area contributed by atoms with Gasteiger partial charge in [0.25, 0.3) is 0 Å². The lowest BCUT2D eigenvalue weighted by Crippen LogP contribution is -2.24. The van der Waals surface area contributed by atoms with E-state index >= 15 is 0 Å². The number of ether oxygens (including phenoxy) is 2. The summed E-state index contributed by atoms with van der Waals surface area (Å²) < 4.78 is 10.7. The summed E-state index contributed by atoms with van der Waals surface area (Å²) in [7, 11) is 0. The molecular formula is C25H32N2O4. The summed E-state index contributed by atoms with van der Waals surface area (Å²) in [5, 5.41) is 3.94. The highest BCUT2D eigenvalue weighted by Gasteiger charge is 2.18. The van der Waals surface area contributed by atoms with Crippen LogP contribution >= 0.6 is 0 Å². The maximum Gasteiger partial charge on any atom is 0.310 e. The Kier molecular flexibility index (Phi) is 7.60. The maximum atomic E-state index is 12.0. The summed E-state index contributed by atoms with van der Waals surface area (Å²) in [5.74, 6) is 5.11. The Morgan fingerprint density at radius 1 is 0.710 bits per heavy atom. The second-order valence-corrected chi connectivity index (χ2v) is 9.40. The topological polar surface area (TPSA) is 91.0 Å². The average Bonchev–Trinajstić information content (AvgIpc) is 2.62. The predicted molar refractivity (Wildman–Crippen MR) is 122 cm³/mol. The molecule has 166 valence electrons. The largest absolute Gasteiger partial charge is 0.460 e. The third-order valence-electron chi connectivity index (χ3n) is 4.12. The zero-order valence-corrected chi connectivity index (χ0v) is 19.2. The SMILES string of the molecule is CC(C)(C)OC(=O)Cc1ccc(C(=NN)c2ccc(CC(=O)OC(C)(C)C)cc2)cc1. The molecule has 0 unspecified atom stereocenters. The van der Waals surface area contributed by atoms with E-state index in [4.69, 9.17) is 15.3 Å². The van der Waals surface area contributed by atoms with Gasteiger partial charge in [-0.1, -0.05) is 48.5 Å². The number of nitrogens with zero attached hydrogens (tertiary/aromatic N) is 1. The third-order valence-corrected chi connectivity index (χ3v) is 4.12. The second-order valence-electron chi connectivity index (χ2n) is 9.40. The number of hydrogen-bond acceptors (Lipinski definition) is 6. The number of hydrogen-bond donors (Lipinski definition) is 1. The first-order valence-corrected chi connectivity index (χ1v) is 10.3. The highest BCUT2D eigenvalue weighted by molar-refractivity contribution is 6.12. The summed E-state index contributed by atoms with van der Waals surface area (Å²) in [6, 6.07) is 14.9. The van der Waals surface area contributed by atoms with Crippen molar-refractivity contribution in [2.45, 2.75) is 65.6 Å². The summed E-state index contributed by atoms with van der Waals surface area (Å²) in [4.78, 5) is 24.0. The number of benzene rings is 2. The molecule has 0 aliphatic heterocycles. The molecule has 2 aromatic carbocycles. The normalized spacial score (nSPS) is 11.5. The molecule has 31 heavy (non-hydrogen) atoms. The number of rotatable bonds is 6. The molecule has 0 saturated carbocycles. The van der Waals surface area contributed by atoms with Crippen molar-refractivity contribution in [2.75, 3.05) is 0 Å². The van der Waals surface area contributed by atoms with Gasteiger partial charge in [-0.05, 0) is 52.7 Å². The van der Waals surface area contributed by atoms with E-state index in [1.54, 1.807) is 0 Å². The first-order valence-electron chi connectivity index (χ1n) is 10.3. The number of carbonyl (C=O) groups excluding carboxylic acids is 2. The van der Waals surface area contributed by atoms with Crippen LogP contribution < -0.4 is 5.84 Å². The molecule has 0 bridgehead atoms. The maximum absolute atomic E-state index is 12.0. The van der Waals surface area contributed by atoms with Gasteiger partial charge in [-0.3, -0.25) is 9.59 Å². The summed E-state index contributed by atoms with van der Waals surface area (Å²) in [5.41, 5.74) is 2.96. The molecule has 6 nitrogen and oxygen atoms in total. The molecule has 2 aromatic rings. The van der Waals surface area contributed by atoms with Crippen molar-refractivity contribution in [3.05, 3.63) is 70.8 Å². The van der Waals surface area contributed by atoms with Gasteiger partial charge in [0.2, 0.25) is 0 Å². The molecule has 0 aliphatic rings. The molecule has 0 radical (unpaired) electrons. The Bertz CT molecular complexity index is 856. The van der Waals surface area contributed by atoms with Crippen LogP contribution in [0.15, 0.2) is 53.6 Å². The van der Waals surface area contributed by atoms with Gasteiger partial charge in [-0.25, -0.2) is 0 Å². The van der Waals surface area contributed by atoms with Crippen LogP contribution in [-0.4, -0.2) is 28.9 Å². The fourth-order valence-electron chi connectivity index (χ4n) is 2.97. The highest BCUT2D eigenvalue weighted by Crippen LogP contribution is 2.16. The standard InChI is InChI=1S/C25H32N2O4/c1-24(2,3)30-21(28)15-17-7-11-19(12-8-17)23(27-26)20-13-9-18(10-14-20)16-22(29)31-25(4,5)6/h7-14H,15-16,26H2,1-6H3. The van der Waals surface area contributed by atoms with Gasteiger partial charge in [0.15, 0.2) is 0 Å². The zero-order valence-electron chi connectivity index (χ0n) is 19.2. The molecule has 0 heterocycles. The Labute approximate surface area is 184 Å². The molecule has 0 fully saturated rings. The lowest BCUT2D eigenvalue weighted by molar-refractivity contribution is -0.155. The fraction of sp³-hybridized carbons (Fsp3) is 0.400. The van der Waals surface area contributed by atoms with Gasteiger partial charge in [-0.2, -0.15) is 5.10 Å². The molecule has 0 atom stereocenters. The van der Waals surface area contributed by atoms with Crippen LogP contribution in [0, 0.1) is 0 Å². The monoisotopic (exact) mass is 424 g/mol. The van der Waals surface area contributed by atoms with Crippen molar-refractivity contribution in [2.24, 2.45) is 10.9 Å². The first kappa shape index (κ1) is 24.1. The van der Waals surface area contributed by atoms with Gasteiger partial charge in [-0.15, -0.1) is 0 Å². The molecule has 0 spiro atoms. The Morgan fingerprint density at radius 3 is 1.29 bits per heavy atom. The molecule has 0 aliphatic carbocycles. The molecule has 0 amide bonds. The summed E-state index contributed by atoms with van der Waals surface area (Å²) in [6.45, 7) is 11.1. The Balaban J connectivity index is 2.07. The molecule has 6 heteroatoms. The third kappa shape index (κ3) is 8.24. The summed E-state index contributed by atoms with van der Waals surface area (Å²) >= 11 is 0. The van der Waals surface area contributed by atoms with Gasteiger partial charge < -0.3 is 15.3 Å². The number of carbonyl (C=O) groups is 2. The predicted octanol–water partition coefficient (Wildman–Crippen LogP) is 4.17. The van der Waals surface area contributed by atoms with Crippen LogP contribution in [0.1, 0.15) is 63.8 Å². The number of hydrazone groups is 1. The lowest BCUT2D eigenvalue weighted by atomic mass is 9.99. The van der Waals surface area contributed by atoms with Crippen molar-refractivity contribution >= 4 is 17.7 Å². The second kappa shape index (κ2) is 9.77. The molecule has 2 rings (SSSR count). The minimum atomic E-state index is -0.508. The fourth-order valence-corrected chi connectivity index (χ4v) is 2.97. The van der Waals surface area contributed by atoms with Crippen molar-refractivity contribution < 1.29 is 19.1 Å². The van der Waals surface area contributed by atoms with Crippen LogP contribution in [0.2, 0.25) is 0 Å². The smallest absolute Gasteiger partial charge is 0.310 e. The van der Waals surface area contributed by atoms with Crippen LogP contribution in [-0.2, 0) is 31.9 Å². The van der Waals surface area contributed by atoms with Crippen LogP contribution in [0.4, 0.5) is 0 Å². The summed E-state index contributed by atoms with van der Waals surface area (Å²) in [6.07, 6.45) is 0.401. The van der Waals surface area contributed by atoms with E-state index in [0.717, 1.165) is 22.3 Å². The van der Waals surface area contributed by atoms with Crippen LogP contribution in [0.3, 0.4) is 0 Å². The lowest BCUT2D eigenvalue weighted by Gasteiger charge is -2.19. The van der Waals surface area contributed by atoms with Crippen molar-refractivity contribution in [3.8, 4) is 0 Å². The van der Waals surface area contributed by atoms with Crippen LogP contribution in [0.25, 0.3) is 0 Å². The molecule has 2 N–H and O–H groups in total. The number of esters is 2. The van der Waals surface area contributed by atoms with Crippen molar-refractivity contribution in [1.82, 2.24) is 0 Å². The van der Waals surface area contributed by atoms with Crippen molar-refractivity contribution in [3.63, 3.8) is 0 Å². The van der Waals surface area contributed by atoms with Gasteiger partial charge in [0.1, 0.15) is 11.2 Å². The molecule has 0 saturated heterocycles. The minimum Gasteiger partial charge on any atom is -0.460 e. The van der Waals surface area contributed by atoms with E-state index in [9.17, 15) is 9.59 Å². The van der Waals surface area contributed by atoms with Gasteiger partial charge in [0.05, 0.1) is 18.6 Å². The zero-order chi connectivity index (χ0) is 23.2. The number of nitrogens with two attached hydrogens (primary N) is 1. The highest BCUT2D eigenvalue weighted by atomic mass is 16.6. The van der Waals surface area contributed by atoms with Crippen molar-refractivity contribution in [1.29, 1.82) is 0 Å². The average molecular weight is 425 g/mol. The van der Waals surface area contributed by atoms with Gasteiger partial charge in [0, 0.05) is 11.1 Å². The van der Waals surface area contributed by atoms with E-state index in [1.165, 1.54) is 0 Å². The van der Waals surface area contributed by atoms with E-state index in [2.05, 4.69) is 5.10 Å². The van der Waals surface area contributed by atoms with E-state index in [0.29, 0.717) is 5.71 Å². The van der Waals surface area contributed by atoms with E-state index in [-0.39, 0.29) is 24.8 Å². The minimum absolute atomic E-state index is 0.200. The van der Waals surface area contributed by atoms with E-state index < -0.39 is 11.2 Å². The van der Waals surface area contributed by atoms with Crippen LogP contribution in [0.5, 0.6) is 0 Å². The Morgan fingerprint density at radius 2 is 1.03 bits per heavy atom. The van der Waals surface area contributed by atoms with E-state index in [1.807, 2.05) is 90.1 Å². The quantitative estimate of drug-likeness (QED) is 0.325. The molecule has 0 aromatic heterocycles. The first-order chi connectivity index (χ1) is 14.4. The molecular weight excluding hydrogens is 392 g/mol.